The fraction of sp³-hybridized carbons (Fsp3) is 0.227. The van der Waals surface area contributed by atoms with Crippen LogP contribution in [-0.2, 0) is 6.54 Å². The molecule has 1 aromatic heterocycles. The van der Waals surface area contributed by atoms with Gasteiger partial charge in [0, 0.05) is 18.5 Å². The van der Waals surface area contributed by atoms with Gasteiger partial charge in [-0.1, -0.05) is 36.4 Å². The Morgan fingerprint density at radius 1 is 1.00 bits per heavy atom. The number of aromatic nitrogens is 2. The Labute approximate surface area is 146 Å². The smallest absolute Gasteiger partial charge is 0.121 e. The fourth-order valence-corrected chi connectivity index (χ4v) is 3.59. The number of ether oxygens (including phenoxy) is 1. The van der Waals surface area contributed by atoms with Crippen molar-refractivity contribution in [3.05, 3.63) is 72.1 Å². The average molecular weight is 328 g/mol. The quantitative estimate of drug-likeness (QED) is 0.519. The van der Waals surface area contributed by atoms with Crippen LogP contribution in [0.1, 0.15) is 30.1 Å². The fourth-order valence-electron chi connectivity index (χ4n) is 3.59. The molecule has 0 atom stereocenters. The summed E-state index contributed by atoms with van der Waals surface area (Å²) in [5, 5.41) is 2.58. The molecule has 0 radical (unpaired) electrons. The van der Waals surface area contributed by atoms with Crippen LogP contribution in [0.4, 0.5) is 0 Å². The van der Waals surface area contributed by atoms with Crippen LogP contribution in [0.3, 0.4) is 0 Å². The molecule has 3 aromatic carbocycles. The van der Waals surface area contributed by atoms with Crippen LogP contribution < -0.4 is 4.74 Å². The van der Waals surface area contributed by atoms with Crippen LogP contribution in [0, 0.1) is 0 Å². The van der Waals surface area contributed by atoms with Gasteiger partial charge in [0.05, 0.1) is 18.1 Å². The molecule has 1 fully saturated rings. The number of imidazole rings is 1. The van der Waals surface area contributed by atoms with Gasteiger partial charge < -0.3 is 9.30 Å². The van der Waals surface area contributed by atoms with Gasteiger partial charge in [0.25, 0.3) is 0 Å². The molecule has 1 heterocycles. The Morgan fingerprint density at radius 2 is 1.84 bits per heavy atom. The van der Waals surface area contributed by atoms with Crippen molar-refractivity contribution < 1.29 is 4.74 Å². The second-order valence-electron chi connectivity index (χ2n) is 6.87. The third kappa shape index (κ3) is 2.56. The minimum Gasteiger partial charge on any atom is -0.497 e. The third-order valence-corrected chi connectivity index (χ3v) is 5.08. The number of benzene rings is 3. The monoisotopic (exact) mass is 328 g/mol. The summed E-state index contributed by atoms with van der Waals surface area (Å²) in [5.74, 6) is 2.69. The lowest BCUT2D eigenvalue weighted by Crippen LogP contribution is -2.04. The zero-order valence-corrected chi connectivity index (χ0v) is 14.3. The van der Waals surface area contributed by atoms with Gasteiger partial charge in [-0.15, -0.1) is 0 Å². The normalized spacial score (nSPS) is 14.3. The largest absolute Gasteiger partial charge is 0.497 e. The van der Waals surface area contributed by atoms with Crippen molar-refractivity contribution in [3.63, 3.8) is 0 Å². The van der Waals surface area contributed by atoms with Gasteiger partial charge >= 0.3 is 0 Å². The highest BCUT2D eigenvalue weighted by molar-refractivity contribution is 5.83. The second-order valence-corrected chi connectivity index (χ2v) is 6.87. The maximum Gasteiger partial charge on any atom is 0.121 e. The Kier molecular flexibility index (Phi) is 3.27. The predicted molar refractivity (Wildman–Crippen MR) is 101 cm³/mol. The van der Waals surface area contributed by atoms with Crippen LogP contribution in [0.25, 0.3) is 21.8 Å². The molecule has 0 spiro atoms. The maximum atomic E-state index is 5.36. The molecule has 0 saturated heterocycles. The van der Waals surface area contributed by atoms with E-state index in [4.69, 9.17) is 9.72 Å². The first-order chi connectivity index (χ1) is 12.3. The van der Waals surface area contributed by atoms with Gasteiger partial charge in [0.2, 0.25) is 0 Å². The Hall–Kier alpha value is -2.81. The summed E-state index contributed by atoms with van der Waals surface area (Å²) >= 11 is 0. The summed E-state index contributed by atoms with van der Waals surface area (Å²) in [6.45, 7) is 0.861. The third-order valence-electron chi connectivity index (χ3n) is 5.08. The van der Waals surface area contributed by atoms with E-state index in [1.807, 2.05) is 12.1 Å². The number of hydrogen-bond acceptors (Lipinski definition) is 2. The number of hydrogen-bond donors (Lipinski definition) is 0. The molecule has 1 aliphatic carbocycles. The highest BCUT2D eigenvalue weighted by Crippen LogP contribution is 2.41. The Bertz CT molecular complexity index is 1080. The SMILES string of the molecule is COc1ccc2c(c1)nc(C1CC1)n2Cc1ccc2ccccc2c1. The first kappa shape index (κ1) is 14.5. The van der Waals surface area contributed by atoms with Crippen LogP contribution in [0.15, 0.2) is 60.7 Å². The van der Waals surface area contributed by atoms with Gasteiger partial charge in [-0.2, -0.15) is 0 Å². The van der Waals surface area contributed by atoms with Crippen LogP contribution in [0.5, 0.6) is 5.75 Å². The highest BCUT2D eigenvalue weighted by atomic mass is 16.5. The molecule has 4 aromatic rings. The minimum atomic E-state index is 0.610. The van der Waals surface area contributed by atoms with Crippen LogP contribution in [-0.4, -0.2) is 16.7 Å². The lowest BCUT2D eigenvalue weighted by atomic mass is 10.1. The minimum absolute atomic E-state index is 0.610. The van der Waals surface area contributed by atoms with Crippen LogP contribution >= 0.6 is 0 Å². The standard InChI is InChI=1S/C22H20N2O/c1-25-19-10-11-21-20(13-19)23-22(17-8-9-17)24(21)14-15-6-7-16-4-2-3-5-18(16)12-15/h2-7,10-13,17H,8-9,14H2,1H3. The zero-order valence-electron chi connectivity index (χ0n) is 14.3. The molecule has 124 valence electrons. The van der Waals surface area contributed by atoms with Crippen molar-refractivity contribution in [1.29, 1.82) is 0 Å². The first-order valence-corrected chi connectivity index (χ1v) is 8.84. The lowest BCUT2D eigenvalue weighted by molar-refractivity contribution is 0.415. The van der Waals surface area contributed by atoms with E-state index in [0.29, 0.717) is 5.92 Å². The van der Waals surface area contributed by atoms with Crippen molar-refractivity contribution in [2.45, 2.75) is 25.3 Å². The molecular formula is C22H20N2O. The summed E-state index contributed by atoms with van der Waals surface area (Å²) in [4.78, 5) is 4.92. The number of nitrogens with zero attached hydrogens (tertiary/aromatic N) is 2. The summed E-state index contributed by atoms with van der Waals surface area (Å²) in [5.41, 5.74) is 3.54. The van der Waals surface area contributed by atoms with Crippen molar-refractivity contribution in [1.82, 2.24) is 9.55 Å². The molecule has 1 aliphatic rings. The van der Waals surface area contributed by atoms with Crippen molar-refractivity contribution in [3.8, 4) is 5.75 Å². The molecule has 3 nitrogen and oxygen atoms in total. The summed E-state index contributed by atoms with van der Waals surface area (Å²) in [6.07, 6.45) is 2.50. The van der Waals surface area contributed by atoms with Gasteiger partial charge in [0.1, 0.15) is 11.6 Å². The van der Waals surface area contributed by atoms with E-state index in [0.717, 1.165) is 17.8 Å². The van der Waals surface area contributed by atoms with Gasteiger partial charge in [0.15, 0.2) is 0 Å². The predicted octanol–water partition coefficient (Wildman–Crippen LogP) is 5.12. The molecule has 0 unspecified atom stereocenters. The van der Waals surface area contributed by atoms with E-state index in [-0.39, 0.29) is 0 Å². The van der Waals surface area contributed by atoms with Gasteiger partial charge in [-0.05, 0) is 47.4 Å². The van der Waals surface area contributed by atoms with Gasteiger partial charge in [-0.25, -0.2) is 4.98 Å². The summed E-state index contributed by atoms with van der Waals surface area (Å²) in [7, 11) is 1.70. The summed E-state index contributed by atoms with van der Waals surface area (Å²) < 4.78 is 7.75. The number of fused-ring (bicyclic) bond motifs is 2. The van der Waals surface area contributed by atoms with E-state index < -0.39 is 0 Å². The molecule has 0 N–H and O–H groups in total. The zero-order chi connectivity index (χ0) is 16.8. The average Bonchev–Trinajstić information content (AvgIpc) is 3.44. The van der Waals surface area contributed by atoms with Crippen LogP contribution in [0.2, 0.25) is 0 Å². The van der Waals surface area contributed by atoms with E-state index in [1.54, 1.807) is 7.11 Å². The summed E-state index contributed by atoms with van der Waals surface area (Å²) in [6, 6.07) is 21.5. The Morgan fingerprint density at radius 3 is 2.64 bits per heavy atom. The number of rotatable bonds is 4. The van der Waals surface area contributed by atoms with Crippen molar-refractivity contribution in [2.24, 2.45) is 0 Å². The molecule has 0 bridgehead atoms. The maximum absolute atomic E-state index is 5.36. The van der Waals surface area contributed by atoms with Crippen molar-refractivity contribution >= 4 is 21.8 Å². The molecule has 3 heteroatoms. The molecule has 25 heavy (non-hydrogen) atoms. The first-order valence-electron chi connectivity index (χ1n) is 8.84. The lowest BCUT2D eigenvalue weighted by Gasteiger charge is -2.10. The van der Waals surface area contributed by atoms with E-state index in [2.05, 4.69) is 53.1 Å². The molecular weight excluding hydrogens is 308 g/mol. The highest BCUT2D eigenvalue weighted by Gasteiger charge is 2.29. The Balaban J connectivity index is 1.61. The van der Waals surface area contributed by atoms with E-state index >= 15 is 0 Å². The molecule has 0 aliphatic heterocycles. The molecule has 5 rings (SSSR count). The number of methoxy groups -OCH3 is 1. The van der Waals surface area contributed by atoms with E-state index in [1.165, 1.54) is 40.5 Å². The van der Waals surface area contributed by atoms with Gasteiger partial charge in [-0.3, -0.25) is 0 Å². The molecule has 0 amide bonds. The molecule has 1 saturated carbocycles. The topological polar surface area (TPSA) is 27.1 Å². The van der Waals surface area contributed by atoms with E-state index in [9.17, 15) is 0 Å². The second kappa shape index (κ2) is 5.62. The van der Waals surface area contributed by atoms with Crippen molar-refractivity contribution in [2.75, 3.05) is 7.11 Å².